The monoisotopic (exact) mass is 713 g/mol. The van der Waals surface area contributed by atoms with Crippen LogP contribution in [0.2, 0.25) is 0 Å². The van der Waals surface area contributed by atoms with Crippen molar-refractivity contribution in [2.24, 2.45) is 23.5 Å². The summed E-state index contributed by atoms with van der Waals surface area (Å²) >= 11 is 0. The smallest absolute Gasteiger partial charge is 0.172 e. The van der Waals surface area contributed by atoms with Crippen LogP contribution >= 0.6 is 0 Å². The van der Waals surface area contributed by atoms with Crippen molar-refractivity contribution < 1.29 is 47.8 Å². The number of ether oxygens (including phenoxy) is 8. The van der Waals surface area contributed by atoms with Gasteiger partial charge in [0.25, 0.3) is 0 Å². The quantitative estimate of drug-likeness (QED) is 0.410. The second-order valence-corrected chi connectivity index (χ2v) is 17.6. The number of Topliss-reactive ketones (excluding diaryl/α,β-unsaturated/α-hetero) is 1. The third-order valence-electron chi connectivity index (χ3n) is 14.2. The van der Waals surface area contributed by atoms with Gasteiger partial charge in [-0.05, 0) is 73.8 Å². The van der Waals surface area contributed by atoms with Crippen molar-refractivity contribution in [2.75, 3.05) is 6.54 Å². The number of hydrogen-bond acceptors (Lipinski definition) is 11. The Bertz CT molecular complexity index is 1360. The molecule has 0 aliphatic carbocycles. The molecular formula is C40H59NO10. The zero-order chi connectivity index (χ0) is 35.2. The lowest BCUT2D eigenvalue weighted by Crippen LogP contribution is -2.61. The number of aliphatic hydroxyl groups is 1. The zero-order valence-corrected chi connectivity index (χ0v) is 30.4. The molecule has 1 spiro atoms. The summed E-state index contributed by atoms with van der Waals surface area (Å²) in [6, 6.07) is 0. The fourth-order valence-corrected chi connectivity index (χ4v) is 11.3. The molecule has 19 atom stereocenters. The Hall–Kier alpha value is -1.25. The van der Waals surface area contributed by atoms with E-state index in [1.807, 2.05) is 0 Å². The summed E-state index contributed by atoms with van der Waals surface area (Å²) in [5.74, 6) is -0.222. The van der Waals surface area contributed by atoms with Crippen LogP contribution in [0.15, 0.2) is 24.3 Å². The number of rotatable bonds is 3. The Labute approximate surface area is 302 Å². The average Bonchev–Trinajstić information content (AvgIpc) is 3.77. The van der Waals surface area contributed by atoms with Crippen molar-refractivity contribution in [2.45, 2.75) is 195 Å². The Morgan fingerprint density at radius 2 is 1.51 bits per heavy atom. The highest BCUT2D eigenvalue weighted by molar-refractivity contribution is 5.79. The van der Waals surface area contributed by atoms with Gasteiger partial charge in [0.2, 0.25) is 0 Å². The number of carbonyl (C=O) groups is 1. The minimum Gasteiger partial charge on any atom is -0.392 e. The van der Waals surface area contributed by atoms with E-state index in [-0.39, 0.29) is 110 Å². The summed E-state index contributed by atoms with van der Waals surface area (Å²) in [6.07, 6.45) is 6.43. The van der Waals surface area contributed by atoms with Crippen LogP contribution in [0.25, 0.3) is 0 Å². The minimum absolute atomic E-state index is 0.00127. The molecule has 12 bridgehead atoms. The molecule has 3 N–H and O–H groups in total. The SMILES string of the molecule is C=C1C[C@@H]2CC[C@@]34C[C@@H]5OC6[C@@H](OC7CCC(CC(=O)C[C@@H]8[C@@H](C)[C@@H](C[C@H](O)CN)O[C@H]8CC8O[C@@H](CCC1O2)C[C@@H](C)C8=C)OC7[C@@H]6O3)C5O4. The molecule has 0 amide bonds. The topological polar surface area (TPSA) is 137 Å². The Balaban J connectivity index is 0.986. The highest BCUT2D eigenvalue weighted by Crippen LogP contribution is 2.54. The fraction of sp³-hybridized carbons (Fsp3) is 0.875. The van der Waals surface area contributed by atoms with E-state index in [2.05, 4.69) is 27.0 Å². The summed E-state index contributed by atoms with van der Waals surface area (Å²) in [4.78, 5) is 14.0. The normalized spacial score (nSPS) is 53.2. The van der Waals surface area contributed by atoms with E-state index in [1.165, 1.54) is 0 Å². The van der Waals surface area contributed by atoms with Crippen LogP contribution in [0.4, 0.5) is 0 Å². The molecule has 10 heterocycles. The number of carbonyl (C=O) groups excluding carboxylic acids is 1. The van der Waals surface area contributed by atoms with Gasteiger partial charge < -0.3 is 48.7 Å². The first kappa shape index (κ1) is 35.5. The molecule has 0 saturated carbocycles. The van der Waals surface area contributed by atoms with Crippen LogP contribution in [0, 0.1) is 17.8 Å². The van der Waals surface area contributed by atoms with Gasteiger partial charge in [-0.15, -0.1) is 0 Å². The molecule has 51 heavy (non-hydrogen) atoms. The van der Waals surface area contributed by atoms with Gasteiger partial charge in [0.1, 0.15) is 36.3 Å². The van der Waals surface area contributed by atoms with Crippen LogP contribution < -0.4 is 5.73 Å². The number of hydrogen-bond donors (Lipinski definition) is 2. The Morgan fingerprint density at radius 3 is 2.35 bits per heavy atom. The van der Waals surface area contributed by atoms with Crippen LogP contribution in [0.3, 0.4) is 0 Å². The molecule has 10 aliphatic heterocycles. The molecule has 11 nitrogen and oxygen atoms in total. The van der Waals surface area contributed by atoms with E-state index in [0.29, 0.717) is 44.4 Å². The molecule has 10 saturated heterocycles. The summed E-state index contributed by atoms with van der Waals surface area (Å²) in [5, 5.41) is 10.5. The summed E-state index contributed by atoms with van der Waals surface area (Å²) in [5.41, 5.74) is 8.06. The maximum Gasteiger partial charge on any atom is 0.172 e. The Morgan fingerprint density at radius 1 is 0.765 bits per heavy atom. The molecule has 10 aliphatic rings. The Kier molecular flexibility index (Phi) is 9.59. The first-order chi connectivity index (χ1) is 24.6. The predicted molar refractivity (Wildman–Crippen MR) is 185 cm³/mol. The lowest BCUT2D eigenvalue weighted by atomic mass is 9.78. The number of ketones is 1. The lowest BCUT2D eigenvalue weighted by molar-refractivity contribution is -0.292. The maximum absolute atomic E-state index is 14.0. The van der Waals surface area contributed by atoms with Gasteiger partial charge in [0.15, 0.2) is 5.79 Å². The van der Waals surface area contributed by atoms with Gasteiger partial charge in [-0.25, -0.2) is 0 Å². The summed E-state index contributed by atoms with van der Waals surface area (Å²) in [6.45, 7) is 13.5. The van der Waals surface area contributed by atoms with E-state index in [0.717, 1.165) is 56.1 Å². The zero-order valence-electron chi connectivity index (χ0n) is 30.4. The van der Waals surface area contributed by atoms with E-state index >= 15 is 0 Å². The fourth-order valence-electron chi connectivity index (χ4n) is 11.3. The molecule has 10 rings (SSSR count). The minimum atomic E-state index is -0.765. The number of nitrogens with two attached hydrogens (primary N) is 1. The van der Waals surface area contributed by atoms with Crippen LogP contribution in [-0.4, -0.2) is 115 Å². The molecule has 0 aromatic rings. The number of fused-ring (bicyclic) bond motifs is 6. The second-order valence-electron chi connectivity index (χ2n) is 17.6. The van der Waals surface area contributed by atoms with Gasteiger partial charge >= 0.3 is 0 Å². The lowest BCUT2D eigenvalue weighted by Gasteiger charge is -2.47. The van der Waals surface area contributed by atoms with Gasteiger partial charge in [-0.3, -0.25) is 4.79 Å². The van der Waals surface area contributed by atoms with Crippen molar-refractivity contribution in [3.8, 4) is 0 Å². The molecular weight excluding hydrogens is 654 g/mol. The summed E-state index contributed by atoms with van der Waals surface area (Å²) in [7, 11) is 0. The average molecular weight is 714 g/mol. The molecule has 0 radical (unpaired) electrons. The molecule has 284 valence electrons. The van der Waals surface area contributed by atoms with Crippen LogP contribution in [0.5, 0.6) is 0 Å². The van der Waals surface area contributed by atoms with Crippen LogP contribution in [0.1, 0.15) is 97.3 Å². The van der Waals surface area contributed by atoms with Gasteiger partial charge in [0.05, 0.1) is 61.0 Å². The highest BCUT2D eigenvalue weighted by Gasteiger charge is 2.68. The van der Waals surface area contributed by atoms with Crippen molar-refractivity contribution in [1.29, 1.82) is 0 Å². The van der Waals surface area contributed by atoms with Crippen molar-refractivity contribution in [1.82, 2.24) is 0 Å². The summed E-state index contributed by atoms with van der Waals surface area (Å²) < 4.78 is 54.0. The molecule has 11 heteroatoms. The van der Waals surface area contributed by atoms with Crippen LogP contribution in [-0.2, 0) is 42.7 Å². The van der Waals surface area contributed by atoms with Gasteiger partial charge in [-0.1, -0.05) is 27.0 Å². The first-order valence-electron chi connectivity index (χ1n) is 20.1. The van der Waals surface area contributed by atoms with Gasteiger partial charge in [-0.2, -0.15) is 0 Å². The van der Waals surface area contributed by atoms with E-state index < -0.39 is 11.9 Å². The van der Waals surface area contributed by atoms with E-state index in [9.17, 15) is 9.90 Å². The van der Waals surface area contributed by atoms with E-state index in [1.54, 1.807) is 0 Å². The maximum atomic E-state index is 14.0. The van der Waals surface area contributed by atoms with Crippen molar-refractivity contribution >= 4 is 5.78 Å². The molecule has 7 unspecified atom stereocenters. The second kappa shape index (κ2) is 13.8. The standard InChI is InChI=1S/C40H59NO10/c1-19-11-25-5-7-29-20(2)12-27(44-29)9-10-40-17-34-36(50-40)37-38(49-34)39(51-40)35-30(48-37)8-6-26(46-35)13-23(42)14-28-22(4)31(15-24(43)18-41)47-33(28)16-32(45-25)21(19)3/h19,22,24-39,43H,2-3,5-18,41H2,1,4H3/t19-,22-,24+,25+,26?,27+,28-,29?,30?,31-,32?,33+,34+,35?,36?,37+,38?,39+,40+/m1/s1. The van der Waals surface area contributed by atoms with Crippen molar-refractivity contribution in [3.63, 3.8) is 0 Å². The molecule has 0 aromatic heterocycles. The first-order valence-corrected chi connectivity index (χ1v) is 20.1. The van der Waals surface area contributed by atoms with Gasteiger partial charge in [0, 0.05) is 45.1 Å². The van der Waals surface area contributed by atoms with Crippen molar-refractivity contribution in [3.05, 3.63) is 24.3 Å². The largest absolute Gasteiger partial charge is 0.392 e. The predicted octanol–water partition coefficient (Wildman–Crippen LogP) is 4.06. The number of aliphatic hydroxyl groups excluding tert-OH is 1. The third kappa shape index (κ3) is 6.53. The molecule has 0 aromatic carbocycles. The third-order valence-corrected chi connectivity index (χ3v) is 14.2. The highest BCUT2D eigenvalue weighted by atomic mass is 16.8. The van der Waals surface area contributed by atoms with E-state index in [4.69, 9.17) is 43.6 Å². The molecule has 10 fully saturated rings.